The van der Waals surface area contributed by atoms with Crippen LogP contribution < -0.4 is 10.2 Å². The van der Waals surface area contributed by atoms with E-state index in [1.165, 1.54) is 5.56 Å². The van der Waals surface area contributed by atoms with E-state index < -0.39 is 0 Å². The number of carbonyl (C=O) groups is 2. The molecule has 3 rings (SSSR count). The van der Waals surface area contributed by atoms with Crippen molar-refractivity contribution in [3.63, 3.8) is 0 Å². The van der Waals surface area contributed by atoms with Crippen LogP contribution in [-0.2, 0) is 16.0 Å². The summed E-state index contributed by atoms with van der Waals surface area (Å²) in [5, 5.41) is 2.95. The molecule has 0 aromatic heterocycles. The third-order valence-electron chi connectivity index (χ3n) is 4.21. The zero-order valence-electron chi connectivity index (χ0n) is 12.2. The van der Waals surface area contributed by atoms with Crippen LogP contribution in [0.25, 0.3) is 0 Å². The molecular formula is C16H20N2O2. The first-order chi connectivity index (χ1) is 9.49. The van der Waals surface area contributed by atoms with Crippen LogP contribution in [0.2, 0.25) is 0 Å². The number of hydrogen-bond acceptors (Lipinski definition) is 2. The summed E-state index contributed by atoms with van der Waals surface area (Å²) < 4.78 is 0. The SMILES string of the molecule is CC(C)C(=O)Nc1cc2c3c(c1)C(C)C(=O)N3CCC2. The van der Waals surface area contributed by atoms with Gasteiger partial charge in [0.1, 0.15) is 0 Å². The van der Waals surface area contributed by atoms with Gasteiger partial charge in [0.25, 0.3) is 0 Å². The molecule has 2 aliphatic rings. The molecule has 20 heavy (non-hydrogen) atoms. The van der Waals surface area contributed by atoms with E-state index in [0.717, 1.165) is 36.3 Å². The van der Waals surface area contributed by atoms with Crippen molar-refractivity contribution >= 4 is 23.2 Å². The lowest BCUT2D eigenvalue weighted by atomic mass is 9.96. The topological polar surface area (TPSA) is 49.4 Å². The maximum absolute atomic E-state index is 12.3. The molecule has 4 nitrogen and oxygen atoms in total. The highest BCUT2D eigenvalue weighted by molar-refractivity contribution is 6.06. The summed E-state index contributed by atoms with van der Waals surface area (Å²) in [6.07, 6.45) is 1.97. The van der Waals surface area contributed by atoms with Crippen molar-refractivity contribution in [2.24, 2.45) is 5.92 Å². The number of nitrogens with one attached hydrogen (secondary N) is 1. The molecule has 4 heteroatoms. The molecule has 0 saturated carbocycles. The Morgan fingerprint density at radius 2 is 2.15 bits per heavy atom. The molecule has 0 aliphatic carbocycles. The molecule has 1 atom stereocenters. The Labute approximate surface area is 119 Å². The molecule has 1 aromatic carbocycles. The van der Waals surface area contributed by atoms with E-state index >= 15 is 0 Å². The highest BCUT2D eigenvalue weighted by atomic mass is 16.2. The van der Waals surface area contributed by atoms with Gasteiger partial charge < -0.3 is 10.2 Å². The standard InChI is InChI=1S/C16H20N2O2/c1-9(2)15(19)17-12-7-11-5-4-6-18-14(11)13(8-12)10(3)16(18)20/h7-10H,4-6H2,1-3H3,(H,17,19). The molecule has 1 aromatic rings. The summed E-state index contributed by atoms with van der Waals surface area (Å²) in [7, 11) is 0. The van der Waals surface area contributed by atoms with Gasteiger partial charge in [-0.25, -0.2) is 0 Å². The first kappa shape index (κ1) is 13.2. The highest BCUT2D eigenvalue weighted by Crippen LogP contribution is 2.44. The lowest BCUT2D eigenvalue weighted by molar-refractivity contribution is -0.119. The predicted molar refractivity (Wildman–Crippen MR) is 79.0 cm³/mol. The largest absolute Gasteiger partial charge is 0.326 e. The smallest absolute Gasteiger partial charge is 0.234 e. The number of hydrogen-bond donors (Lipinski definition) is 1. The van der Waals surface area contributed by atoms with Gasteiger partial charge in [-0.3, -0.25) is 9.59 Å². The van der Waals surface area contributed by atoms with Gasteiger partial charge in [-0.05, 0) is 43.0 Å². The quantitative estimate of drug-likeness (QED) is 0.900. The maximum atomic E-state index is 12.3. The summed E-state index contributed by atoms with van der Waals surface area (Å²) in [5.74, 6) is 0.0583. The second kappa shape index (κ2) is 4.62. The first-order valence-electron chi connectivity index (χ1n) is 7.28. The molecule has 2 aliphatic heterocycles. The van der Waals surface area contributed by atoms with Crippen LogP contribution in [0.5, 0.6) is 0 Å². The molecule has 2 heterocycles. The number of carbonyl (C=O) groups excluding carboxylic acids is 2. The van der Waals surface area contributed by atoms with Crippen LogP contribution in [0.3, 0.4) is 0 Å². The van der Waals surface area contributed by atoms with Crippen molar-refractivity contribution in [2.75, 3.05) is 16.8 Å². The molecular weight excluding hydrogens is 252 g/mol. The predicted octanol–water partition coefficient (Wildman–Crippen LogP) is 2.68. The number of amides is 2. The van der Waals surface area contributed by atoms with E-state index in [1.807, 2.05) is 37.8 Å². The molecule has 106 valence electrons. The average Bonchev–Trinajstić information content (AvgIpc) is 2.66. The molecule has 0 saturated heterocycles. The van der Waals surface area contributed by atoms with Crippen molar-refractivity contribution in [2.45, 2.75) is 39.5 Å². The van der Waals surface area contributed by atoms with Gasteiger partial charge in [0, 0.05) is 18.2 Å². The van der Waals surface area contributed by atoms with Crippen molar-refractivity contribution in [3.8, 4) is 0 Å². The van der Waals surface area contributed by atoms with Crippen molar-refractivity contribution in [1.82, 2.24) is 0 Å². The molecule has 1 unspecified atom stereocenters. The highest BCUT2D eigenvalue weighted by Gasteiger charge is 2.37. The summed E-state index contributed by atoms with van der Waals surface area (Å²) in [4.78, 5) is 26.0. The third-order valence-corrected chi connectivity index (χ3v) is 4.21. The number of anilines is 2. The zero-order chi connectivity index (χ0) is 14.4. The minimum absolute atomic E-state index is 0.0155. The summed E-state index contributed by atoms with van der Waals surface area (Å²) in [5.41, 5.74) is 4.16. The van der Waals surface area contributed by atoms with E-state index in [9.17, 15) is 9.59 Å². The molecule has 1 N–H and O–H groups in total. The summed E-state index contributed by atoms with van der Waals surface area (Å²) >= 11 is 0. The number of nitrogens with zero attached hydrogens (tertiary/aromatic N) is 1. The minimum Gasteiger partial charge on any atom is -0.326 e. The van der Waals surface area contributed by atoms with Gasteiger partial charge in [0.2, 0.25) is 11.8 Å². The van der Waals surface area contributed by atoms with Crippen LogP contribution in [0.15, 0.2) is 12.1 Å². The maximum Gasteiger partial charge on any atom is 0.234 e. The van der Waals surface area contributed by atoms with Gasteiger partial charge in [0.05, 0.1) is 11.6 Å². The van der Waals surface area contributed by atoms with E-state index in [-0.39, 0.29) is 23.7 Å². The molecule has 0 bridgehead atoms. The Morgan fingerprint density at radius 1 is 1.40 bits per heavy atom. The average molecular weight is 272 g/mol. The lowest BCUT2D eigenvalue weighted by Crippen LogP contribution is -2.32. The molecule has 2 amide bonds. The molecule has 0 radical (unpaired) electrons. The zero-order valence-corrected chi connectivity index (χ0v) is 12.2. The van der Waals surface area contributed by atoms with E-state index in [0.29, 0.717) is 0 Å². The Kier molecular flexibility index (Phi) is 3.04. The lowest BCUT2D eigenvalue weighted by Gasteiger charge is -2.26. The Hall–Kier alpha value is -1.84. The monoisotopic (exact) mass is 272 g/mol. The van der Waals surface area contributed by atoms with Gasteiger partial charge in [-0.1, -0.05) is 13.8 Å². The Bertz CT molecular complexity index is 592. The van der Waals surface area contributed by atoms with E-state index in [1.54, 1.807) is 0 Å². The normalized spacial score (nSPS) is 20.3. The van der Waals surface area contributed by atoms with Crippen molar-refractivity contribution < 1.29 is 9.59 Å². The summed E-state index contributed by atoms with van der Waals surface area (Å²) in [6.45, 7) is 6.52. The second-order valence-corrected chi connectivity index (χ2v) is 6.03. The number of benzene rings is 1. The first-order valence-corrected chi connectivity index (χ1v) is 7.28. The third kappa shape index (κ3) is 1.90. The van der Waals surface area contributed by atoms with Crippen molar-refractivity contribution in [3.05, 3.63) is 23.3 Å². The second-order valence-electron chi connectivity index (χ2n) is 6.03. The van der Waals surface area contributed by atoms with E-state index in [4.69, 9.17) is 0 Å². The Morgan fingerprint density at radius 3 is 2.85 bits per heavy atom. The number of rotatable bonds is 2. The van der Waals surface area contributed by atoms with Crippen LogP contribution in [-0.4, -0.2) is 18.4 Å². The van der Waals surface area contributed by atoms with Crippen LogP contribution in [0.4, 0.5) is 11.4 Å². The Balaban J connectivity index is 2.02. The number of aryl methyl sites for hydroxylation is 1. The summed E-state index contributed by atoms with van der Waals surface area (Å²) in [6, 6.07) is 3.99. The van der Waals surface area contributed by atoms with Gasteiger partial charge >= 0.3 is 0 Å². The van der Waals surface area contributed by atoms with Crippen LogP contribution in [0.1, 0.15) is 44.2 Å². The minimum atomic E-state index is -0.0993. The van der Waals surface area contributed by atoms with Crippen molar-refractivity contribution in [1.29, 1.82) is 0 Å². The van der Waals surface area contributed by atoms with Crippen LogP contribution in [0, 0.1) is 5.92 Å². The van der Waals surface area contributed by atoms with Gasteiger partial charge in [-0.2, -0.15) is 0 Å². The molecule has 0 spiro atoms. The van der Waals surface area contributed by atoms with E-state index in [2.05, 4.69) is 5.32 Å². The van der Waals surface area contributed by atoms with Gasteiger partial charge in [-0.15, -0.1) is 0 Å². The van der Waals surface area contributed by atoms with Gasteiger partial charge in [0.15, 0.2) is 0 Å². The fourth-order valence-corrected chi connectivity index (χ4v) is 3.05. The van der Waals surface area contributed by atoms with Crippen LogP contribution >= 0.6 is 0 Å². The molecule has 0 fully saturated rings. The fourth-order valence-electron chi connectivity index (χ4n) is 3.05. The fraction of sp³-hybridized carbons (Fsp3) is 0.500.